The minimum absolute atomic E-state index is 0.155. The van der Waals surface area contributed by atoms with Crippen molar-refractivity contribution in [1.29, 1.82) is 0 Å². The van der Waals surface area contributed by atoms with E-state index in [0.29, 0.717) is 23.5 Å². The molecule has 0 amide bonds. The van der Waals surface area contributed by atoms with E-state index in [4.69, 9.17) is 4.98 Å². The molecule has 0 fully saturated rings. The van der Waals surface area contributed by atoms with Gasteiger partial charge in [-0.05, 0) is 38.0 Å². The van der Waals surface area contributed by atoms with Gasteiger partial charge in [0.2, 0.25) is 5.82 Å². The molecule has 5 rings (SSSR count). The van der Waals surface area contributed by atoms with Crippen LogP contribution in [0.4, 0.5) is 13.2 Å². The summed E-state index contributed by atoms with van der Waals surface area (Å²) in [5.74, 6) is 0.814. The van der Waals surface area contributed by atoms with Crippen molar-refractivity contribution in [2.24, 2.45) is 7.05 Å². The van der Waals surface area contributed by atoms with E-state index in [2.05, 4.69) is 20.3 Å². The highest BCUT2D eigenvalue weighted by Crippen LogP contribution is 2.31. The predicted octanol–water partition coefficient (Wildman–Crippen LogP) is 4.89. The second kappa shape index (κ2) is 8.33. The Labute approximate surface area is 199 Å². The molecule has 0 saturated carbocycles. The SMILES string of the molecule is Cc1cnn(C(C)C)c1-c1nc2c(Cc3ccc(-c4nc(C(F)(F)F)cn4C)cc3)ccnn2n1. The largest absolute Gasteiger partial charge is 0.434 e. The average Bonchev–Trinajstić information content (AvgIpc) is 3.50. The zero-order valence-corrected chi connectivity index (χ0v) is 19.6. The molecule has 0 N–H and O–H groups in total. The number of hydrogen-bond acceptors (Lipinski definition) is 5. The molecule has 4 aromatic heterocycles. The van der Waals surface area contributed by atoms with E-state index in [9.17, 15) is 13.2 Å². The fraction of sp³-hybridized carbons (Fsp3) is 0.292. The van der Waals surface area contributed by atoms with Crippen LogP contribution < -0.4 is 0 Å². The Morgan fingerprint density at radius 3 is 2.40 bits per heavy atom. The highest BCUT2D eigenvalue weighted by atomic mass is 19.4. The number of nitrogens with zero attached hydrogens (tertiary/aromatic N) is 8. The molecular weight excluding hydrogens is 457 g/mol. The van der Waals surface area contributed by atoms with E-state index in [-0.39, 0.29) is 11.9 Å². The van der Waals surface area contributed by atoms with E-state index in [1.165, 1.54) is 9.20 Å². The van der Waals surface area contributed by atoms with Gasteiger partial charge >= 0.3 is 6.18 Å². The smallest absolute Gasteiger partial charge is 0.333 e. The van der Waals surface area contributed by atoms with Crippen LogP contribution in [0, 0.1) is 6.92 Å². The first kappa shape index (κ1) is 22.8. The van der Waals surface area contributed by atoms with Crippen molar-refractivity contribution in [1.82, 2.24) is 39.1 Å². The van der Waals surface area contributed by atoms with E-state index >= 15 is 0 Å². The van der Waals surface area contributed by atoms with Crippen molar-refractivity contribution >= 4 is 5.65 Å². The zero-order valence-electron chi connectivity index (χ0n) is 19.6. The molecule has 8 nitrogen and oxygen atoms in total. The first-order valence-electron chi connectivity index (χ1n) is 11.1. The van der Waals surface area contributed by atoms with Crippen LogP contribution in [0.2, 0.25) is 0 Å². The molecule has 0 spiro atoms. The highest BCUT2D eigenvalue weighted by Gasteiger charge is 2.34. The van der Waals surface area contributed by atoms with Gasteiger partial charge in [0.15, 0.2) is 11.3 Å². The Morgan fingerprint density at radius 1 is 1.00 bits per heavy atom. The Bertz CT molecular complexity index is 1510. The van der Waals surface area contributed by atoms with Crippen molar-refractivity contribution < 1.29 is 13.2 Å². The number of aryl methyl sites for hydroxylation is 2. The quantitative estimate of drug-likeness (QED) is 0.358. The van der Waals surface area contributed by atoms with Crippen molar-refractivity contribution in [2.45, 2.75) is 39.4 Å². The van der Waals surface area contributed by atoms with Crippen molar-refractivity contribution in [2.75, 3.05) is 0 Å². The second-order valence-corrected chi connectivity index (χ2v) is 8.75. The molecule has 180 valence electrons. The molecule has 0 radical (unpaired) electrons. The van der Waals surface area contributed by atoms with Gasteiger partial charge in [-0.15, -0.1) is 9.73 Å². The molecule has 4 heterocycles. The van der Waals surface area contributed by atoms with E-state index in [0.717, 1.165) is 28.6 Å². The Kier molecular flexibility index (Phi) is 5.42. The van der Waals surface area contributed by atoms with E-state index in [1.807, 2.05) is 43.7 Å². The molecule has 11 heteroatoms. The van der Waals surface area contributed by atoms with Gasteiger partial charge < -0.3 is 4.57 Å². The molecule has 0 saturated heterocycles. The third kappa shape index (κ3) is 4.17. The van der Waals surface area contributed by atoms with Gasteiger partial charge in [0, 0.05) is 36.8 Å². The van der Waals surface area contributed by atoms with E-state index < -0.39 is 11.9 Å². The minimum Gasteiger partial charge on any atom is -0.333 e. The van der Waals surface area contributed by atoms with E-state index in [1.54, 1.807) is 31.6 Å². The van der Waals surface area contributed by atoms with Crippen molar-refractivity contribution in [3.8, 4) is 22.9 Å². The summed E-state index contributed by atoms with van der Waals surface area (Å²) in [5.41, 5.74) is 4.07. The number of alkyl halides is 3. The lowest BCUT2D eigenvalue weighted by atomic mass is 10.0. The van der Waals surface area contributed by atoms with Crippen molar-refractivity contribution in [3.63, 3.8) is 0 Å². The van der Waals surface area contributed by atoms with Gasteiger partial charge in [0.1, 0.15) is 11.5 Å². The number of halogens is 3. The first-order chi connectivity index (χ1) is 16.6. The molecule has 0 aliphatic rings. The summed E-state index contributed by atoms with van der Waals surface area (Å²) >= 11 is 0. The first-order valence-corrected chi connectivity index (χ1v) is 11.1. The van der Waals surface area contributed by atoms with Crippen LogP contribution in [0.3, 0.4) is 0 Å². The number of benzene rings is 1. The van der Waals surface area contributed by atoms with Gasteiger partial charge in [-0.3, -0.25) is 4.68 Å². The Balaban J connectivity index is 1.45. The number of fused-ring (bicyclic) bond motifs is 1. The summed E-state index contributed by atoms with van der Waals surface area (Å²) in [7, 11) is 1.55. The van der Waals surface area contributed by atoms with Crippen LogP contribution in [-0.2, 0) is 19.6 Å². The fourth-order valence-corrected chi connectivity index (χ4v) is 4.07. The standard InChI is InChI=1S/C24H23F3N8/c1-14(2)34-20(15(3)12-29-34)21-31-23-18(9-10-28-35(23)32-21)11-16-5-7-17(8-6-16)22-30-19(13-33(22)4)24(25,26)27/h5-10,12-14H,11H2,1-4H3. The summed E-state index contributed by atoms with van der Waals surface area (Å²) in [6, 6.07) is 9.35. The minimum atomic E-state index is -4.48. The van der Waals surface area contributed by atoms with Gasteiger partial charge in [0.25, 0.3) is 0 Å². The van der Waals surface area contributed by atoms with Crippen LogP contribution in [-0.4, -0.2) is 39.1 Å². The van der Waals surface area contributed by atoms with Gasteiger partial charge in [-0.2, -0.15) is 23.4 Å². The van der Waals surface area contributed by atoms with Gasteiger partial charge in [0.05, 0.1) is 12.4 Å². The monoisotopic (exact) mass is 480 g/mol. The molecule has 0 aliphatic carbocycles. The summed E-state index contributed by atoms with van der Waals surface area (Å²) in [6.45, 7) is 6.07. The normalized spacial score (nSPS) is 12.2. The maximum Gasteiger partial charge on any atom is 0.434 e. The molecule has 5 aromatic rings. The van der Waals surface area contributed by atoms with Gasteiger partial charge in [-0.25, -0.2) is 9.97 Å². The summed E-state index contributed by atoms with van der Waals surface area (Å²) in [6.07, 6.45) is 0.545. The fourth-order valence-electron chi connectivity index (χ4n) is 4.07. The number of aromatic nitrogens is 8. The molecule has 1 aromatic carbocycles. The lowest BCUT2D eigenvalue weighted by Gasteiger charge is -2.08. The average molecular weight is 480 g/mol. The van der Waals surface area contributed by atoms with Crippen LogP contribution >= 0.6 is 0 Å². The molecule has 35 heavy (non-hydrogen) atoms. The predicted molar refractivity (Wildman–Crippen MR) is 124 cm³/mol. The number of imidazole rings is 1. The zero-order chi connectivity index (χ0) is 24.9. The Morgan fingerprint density at radius 2 is 1.74 bits per heavy atom. The maximum absolute atomic E-state index is 13.0. The van der Waals surface area contributed by atoms with Crippen LogP contribution in [0.1, 0.15) is 42.3 Å². The van der Waals surface area contributed by atoms with Crippen LogP contribution in [0.5, 0.6) is 0 Å². The summed E-state index contributed by atoms with van der Waals surface area (Å²) in [5, 5.41) is 13.3. The molecular formula is C24H23F3N8. The molecule has 0 bridgehead atoms. The second-order valence-electron chi connectivity index (χ2n) is 8.75. The molecule has 0 aliphatic heterocycles. The highest BCUT2D eigenvalue weighted by molar-refractivity contribution is 5.61. The summed E-state index contributed by atoms with van der Waals surface area (Å²) < 4.78 is 43.8. The van der Waals surface area contributed by atoms with Crippen molar-refractivity contribution in [3.05, 3.63) is 71.3 Å². The van der Waals surface area contributed by atoms with Gasteiger partial charge in [-0.1, -0.05) is 24.3 Å². The van der Waals surface area contributed by atoms with Crippen LogP contribution in [0.15, 0.2) is 48.9 Å². The lowest BCUT2D eigenvalue weighted by Crippen LogP contribution is -2.06. The third-order valence-electron chi connectivity index (χ3n) is 5.78. The topological polar surface area (TPSA) is 78.7 Å². The maximum atomic E-state index is 13.0. The lowest BCUT2D eigenvalue weighted by molar-refractivity contribution is -0.140. The van der Waals surface area contributed by atoms with Crippen LogP contribution in [0.25, 0.3) is 28.6 Å². The number of rotatable bonds is 5. The summed E-state index contributed by atoms with van der Waals surface area (Å²) in [4.78, 5) is 8.53. The third-order valence-corrected chi connectivity index (χ3v) is 5.78. The number of hydrogen-bond donors (Lipinski definition) is 0. The molecule has 0 unspecified atom stereocenters. The molecule has 0 atom stereocenters. The Hall–Kier alpha value is -4.02.